The fourth-order valence-corrected chi connectivity index (χ4v) is 11.4. The quantitative estimate of drug-likeness (QED) is 0.0320. The molecule has 0 aromatic heterocycles. The van der Waals surface area contributed by atoms with Crippen LogP contribution in [0.15, 0.2) is 36.5 Å². The Morgan fingerprint density at radius 3 is 0.988 bits per heavy atom. The maximum absolute atomic E-state index is 12.5. The number of unbranched alkanes of at least 4 members (excludes halogenated alkanes) is 51. The van der Waals surface area contributed by atoms with Crippen LogP contribution in [0.2, 0.25) is 0 Å². The first-order valence-electron chi connectivity index (χ1n) is 36.2. The first-order valence-corrected chi connectivity index (χ1v) is 36.2. The molecule has 1 amide bonds. The number of ether oxygens (including phenoxy) is 1. The van der Waals surface area contributed by atoms with Gasteiger partial charge in [0.15, 0.2) is 0 Å². The van der Waals surface area contributed by atoms with Gasteiger partial charge in [-0.05, 0) is 83.5 Å². The Morgan fingerprint density at radius 1 is 0.350 bits per heavy atom. The van der Waals surface area contributed by atoms with Gasteiger partial charge < -0.3 is 20.3 Å². The predicted molar refractivity (Wildman–Crippen MR) is 352 cm³/mol. The molecular formula is C74H141NO5. The largest absolute Gasteiger partial charge is 0.466 e. The van der Waals surface area contributed by atoms with Crippen LogP contribution < -0.4 is 5.32 Å². The number of carbonyl (C=O) groups excluding carboxylic acids is 2. The maximum atomic E-state index is 12.5. The number of amides is 1. The van der Waals surface area contributed by atoms with Gasteiger partial charge in [0.05, 0.1) is 25.4 Å². The van der Waals surface area contributed by atoms with Gasteiger partial charge in [0.1, 0.15) is 0 Å². The molecule has 0 aromatic carbocycles. The van der Waals surface area contributed by atoms with Crippen molar-refractivity contribution >= 4 is 11.9 Å². The molecule has 3 N–H and O–H groups in total. The SMILES string of the molecule is CCCCC/C=C\C/C=C\CCCCCCCCCC(=O)OCCCCCCCCCCCCCC/C=C\CCCCCCCCCCCCCC(=O)NC(CO)C(O)CCCCCCCCCCCCCCCCCCCCC. The summed E-state index contributed by atoms with van der Waals surface area (Å²) >= 11 is 0. The summed E-state index contributed by atoms with van der Waals surface area (Å²) in [6, 6.07) is -0.543. The zero-order chi connectivity index (χ0) is 57.8. The van der Waals surface area contributed by atoms with E-state index >= 15 is 0 Å². The molecule has 0 radical (unpaired) electrons. The van der Waals surface area contributed by atoms with E-state index < -0.39 is 12.1 Å². The third-order valence-electron chi connectivity index (χ3n) is 16.9. The molecule has 0 aliphatic carbocycles. The second-order valence-electron chi connectivity index (χ2n) is 24.9. The number of aliphatic hydroxyl groups is 2. The number of aliphatic hydroxyl groups excluding tert-OH is 2. The summed E-state index contributed by atoms with van der Waals surface area (Å²) in [4.78, 5) is 24.6. The lowest BCUT2D eigenvalue weighted by molar-refractivity contribution is -0.143. The summed E-state index contributed by atoms with van der Waals surface area (Å²) in [5.74, 6) is -0.0242. The normalized spacial score (nSPS) is 12.7. The number of esters is 1. The lowest BCUT2D eigenvalue weighted by Gasteiger charge is -2.22. The average Bonchev–Trinajstić information content (AvgIpc) is 3.46. The Labute approximate surface area is 500 Å². The average molecular weight is 1120 g/mol. The van der Waals surface area contributed by atoms with Crippen molar-refractivity contribution in [2.24, 2.45) is 0 Å². The highest BCUT2D eigenvalue weighted by Gasteiger charge is 2.20. The summed E-state index contributed by atoms with van der Waals surface area (Å²) in [5.41, 5.74) is 0. The van der Waals surface area contributed by atoms with Gasteiger partial charge in [-0.1, -0.05) is 339 Å². The van der Waals surface area contributed by atoms with Gasteiger partial charge in [-0.2, -0.15) is 0 Å². The van der Waals surface area contributed by atoms with Crippen LogP contribution in [0.3, 0.4) is 0 Å². The van der Waals surface area contributed by atoms with Crippen molar-refractivity contribution in [3.05, 3.63) is 36.5 Å². The third-order valence-corrected chi connectivity index (χ3v) is 16.9. The molecule has 0 fully saturated rings. The molecule has 0 saturated heterocycles. The zero-order valence-electron chi connectivity index (χ0n) is 54.1. The standard InChI is InChI=1S/C74H141NO5/c1-3-5-7-9-11-13-15-17-19-21-31-35-38-42-46-50-54-58-62-66-72(77)71(70-76)75-73(78)67-63-59-55-51-47-43-39-36-32-29-27-25-23-22-24-26-28-30-33-37-41-45-49-53-57-61-65-69-80-74(79)68-64-60-56-52-48-44-40-34-20-18-16-14-12-10-8-6-4-2/h12,14,18,20,22-23,71-72,76-77H,3-11,13,15-17,19,21,24-70H2,1-2H3,(H,75,78)/b14-12-,20-18-,23-22-. The number of hydrogen-bond acceptors (Lipinski definition) is 5. The van der Waals surface area contributed by atoms with E-state index in [1.54, 1.807) is 0 Å². The van der Waals surface area contributed by atoms with E-state index in [2.05, 4.69) is 55.6 Å². The van der Waals surface area contributed by atoms with Crippen LogP contribution in [0.5, 0.6) is 0 Å². The van der Waals surface area contributed by atoms with Crippen LogP contribution in [0.1, 0.15) is 399 Å². The van der Waals surface area contributed by atoms with Crippen LogP contribution >= 0.6 is 0 Å². The van der Waals surface area contributed by atoms with Crippen LogP contribution in [-0.4, -0.2) is 47.4 Å². The molecule has 0 saturated carbocycles. The molecule has 2 atom stereocenters. The molecule has 6 nitrogen and oxygen atoms in total. The number of nitrogens with one attached hydrogen (secondary N) is 1. The van der Waals surface area contributed by atoms with E-state index in [-0.39, 0.29) is 18.5 Å². The predicted octanol–water partition coefficient (Wildman–Crippen LogP) is 23.5. The van der Waals surface area contributed by atoms with Gasteiger partial charge in [0.2, 0.25) is 5.91 Å². The zero-order valence-corrected chi connectivity index (χ0v) is 54.1. The summed E-state index contributed by atoms with van der Waals surface area (Å²) in [6.07, 6.45) is 89.1. The van der Waals surface area contributed by atoms with E-state index in [0.29, 0.717) is 25.9 Å². The Hall–Kier alpha value is -1.92. The van der Waals surface area contributed by atoms with E-state index in [9.17, 15) is 19.8 Å². The molecule has 80 heavy (non-hydrogen) atoms. The van der Waals surface area contributed by atoms with E-state index in [1.165, 1.54) is 315 Å². The van der Waals surface area contributed by atoms with Gasteiger partial charge in [-0.25, -0.2) is 0 Å². The summed E-state index contributed by atoms with van der Waals surface area (Å²) in [7, 11) is 0. The Balaban J connectivity index is 3.38. The molecule has 2 unspecified atom stereocenters. The van der Waals surface area contributed by atoms with Gasteiger partial charge in [0.25, 0.3) is 0 Å². The highest BCUT2D eigenvalue weighted by Crippen LogP contribution is 2.19. The Morgan fingerprint density at radius 2 is 0.625 bits per heavy atom. The molecule has 472 valence electrons. The molecule has 0 rings (SSSR count). The van der Waals surface area contributed by atoms with Crippen molar-refractivity contribution in [1.29, 1.82) is 0 Å². The lowest BCUT2D eigenvalue weighted by Crippen LogP contribution is -2.45. The summed E-state index contributed by atoms with van der Waals surface area (Å²) in [5, 5.41) is 23.4. The Bertz CT molecular complexity index is 1300. The fourth-order valence-electron chi connectivity index (χ4n) is 11.4. The molecule has 0 bridgehead atoms. The van der Waals surface area contributed by atoms with E-state index in [4.69, 9.17) is 4.74 Å². The summed E-state index contributed by atoms with van der Waals surface area (Å²) < 4.78 is 5.50. The Kier molecular flexibility index (Phi) is 67.9. The van der Waals surface area contributed by atoms with Crippen molar-refractivity contribution in [2.75, 3.05) is 13.2 Å². The number of hydrogen-bond donors (Lipinski definition) is 3. The number of allylic oxidation sites excluding steroid dienone is 6. The smallest absolute Gasteiger partial charge is 0.305 e. The van der Waals surface area contributed by atoms with E-state index in [1.807, 2.05) is 0 Å². The molecule has 0 aromatic rings. The van der Waals surface area contributed by atoms with Crippen LogP contribution in [0.4, 0.5) is 0 Å². The van der Waals surface area contributed by atoms with Crippen molar-refractivity contribution in [3.8, 4) is 0 Å². The van der Waals surface area contributed by atoms with Crippen LogP contribution in [-0.2, 0) is 14.3 Å². The molecule has 0 spiro atoms. The van der Waals surface area contributed by atoms with Gasteiger partial charge in [-0.15, -0.1) is 0 Å². The van der Waals surface area contributed by atoms with Crippen LogP contribution in [0.25, 0.3) is 0 Å². The highest BCUT2D eigenvalue weighted by molar-refractivity contribution is 5.76. The molecule has 6 heteroatoms. The second-order valence-corrected chi connectivity index (χ2v) is 24.9. The molecule has 0 aliphatic rings. The number of rotatable bonds is 68. The first kappa shape index (κ1) is 78.1. The van der Waals surface area contributed by atoms with Gasteiger partial charge in [-0.3, -0.25) is 9.59 Å². The lowest BCUT2D eigenvalue weighted by atomic mass is 10.0. The van der Waals surface area contributed by atoms with Crippen molar-refractivity contribution in [3.63, 3.8) is 0 Å². The van der Waals surface area contributed by atoms with Crippen LogP contribution in [0, 0.1) is 0 Å². The minimum Gasteiger partial charge on any atom is -0.466 e. The van der Waals surface area contributed by atoms with Crippen molar-refractivity contribution in [2.45, 2.75) is 411 Å². The monoisotopic (exact) mass is 1120 g/mol. The van der Waals surface area contributed by atoms with Gasteiger partial charge in [0, 0.05) is 12.8 Å². The summed E-state index contributed by atoms with van der Waals surface area (Å²) in [6.45, 7) is 4.96. The first-order chi connectivity index (χ1) is 39.5. The van der Waals surface area contributed by atoms with Crippen molar-refractivity contribution < 1.29 is 24.5 Å². The van der Waals surface area contributed by atoms with E-state index in [0.717, 1.165) is 51.4 Å². The topological polar surface area (TPSA) is 95.9 Å². The maximum Gasteiger partial charge on any atom is 0.305 e. The van der Waals surface area contributed by atoms with Crippen molar-refractivity contribution in [1.82, 2.24) is 5.32 Å². The molecule has 0 aliphatic heterocycles. The number of carbonyl (C=O) groups is 2. The minimum atomic E-state index is -0.666. The highest BCUT2D eigenvalue weighted by atomic mass is 16.5. The molecular weight excluding hydrogens is 983 g/mol. The second kappa shape index (κ2) is 69.6. The molecule has 0 heterocycles. The minimum absolute atomic E-state index is 0.00792. The van der Waals surface area contributed by atoms with Gasteiger partial charge >= 0.3 is 5.97 Å². The third kappa shape index (κ3) is 65.2. The fraction of sp³-hybridized carbons (Fsp3) is 0.892.